The van der Waals surface area contributed by atoms with Crippen molar-refractivity contribution < 1.29 is 0 Å². The second-order valence-corrected chi connectivity index (χ2v) is 5.66. The number of hydrogen-bond acceptors (Lipinski definition) is 2. The van der Waals surface area contributed by atoms with Crippen LogP contribution in [0.2, 0.25) is 0 Å². The first-order valence-electron chi connectivity index (χ1n) is 6.48. The molecule has 17 heavy (non-hydrogen) atoms. The van der Waals surface area contributed by atoms with Crippen LogP contribution in [0, 0.1) is 5.92 Å². The molecule has 1 aromatic rings. The van der Waals surface area contributed by atoms with Crippen molar-refractivity contribution in [1.29, 1.82) is 0 Å². The van der Waals surface area contributed by atoms with Gasteiger partial charge in [-0.3, -0.25) is 0 Å². The van der Waals surface area contributed by atoms with Crippen LogP contribution in [0.5, 0.6) is 0 Å². The Hall–Kier alpha value is -0.540. The standard InChI is InChI=1S/C14H21BrN2/c1-2-17(10-12-3-4-12)14-6-5-11(7-8-16)9-13(14)15/h5-6,9,12H,2-4,7-8,10,16H2,1H3. The summed E-state index contributed by atoms with van der Waals surface area (Å²) in [4.78, 5) is 2.47. The largest absolute Gasteiger partial charge is 0.371 e. The van der Waals surface area contributed by atoms with Crippen molar-refractivity contribution >= 4 is 21.6 Å². The fraction of sp³-hybridized carbons (Fsp3) is 0.571. The molecule has 0 spiro atoms. The topological polar surface area (TPSA) is 29.3 Å². The first-order valence-corrected chi connectivity index (χ1v) is 7.27. The van der Waals surface area contributed by atoms with Crippen molar-refractivity contribution in [3.8, 4) is 0 Å². The van der Waals surface area contributed by atoms with Crippen LogP contribution in [0.3, 0.4) is 0 Å². The molecule has 1 aliphatic rings. The molecule has 0 aromatic heterocycles. The quantitative estimate of drug-likeness (QED) is 0.874. The summed E-state index contributed by atoms with van der Waals surface area (Å²) in [5.41, 5.74) is 8.21. The van der Waals surface area contributed by atoms with Gasteiger partial charge < -0.3 is 10.6 Å². The lowest BCUT2D eigenvalue weighted by molar-refractivity contribution is 0.740. The van der Waals surface area contributed by atoms with E-state index >= 15 is 0 Å². The Labute approximate surface area is 112 Å². The Morgan fingerprint density at radius 2 is 2.18 bits per heavy atom. The van der Waals surface area contributed by atoms with E-state index in [2.05, 4.69) is 46.0 Å². The third-order valence-corrected chi connectivity index (χ3v) is 3.98. The van der Waals surface area contributed by atoms with Gasteiger partial charge >= 0.3 is 0 Å². The lowest BCUT2D eigenvalue weighted by Crippen LogP contribution is -2.25. The van der Waals surface area contributed by atoms with Crippen LogP contribution in [0.1, 0.15) is 25.3 Å². The van der Waals surface area contributed by atoms with Gasteiger partial charge in [0, 0.05) is 17.6 Å². The van der Waals surface area contributed by atoms with Crippen molar-refractivity contribution in [2.75, 3.05) is 24.5 Å². The number of hydrogen-bond donors (Lipinski definition) is 1. The first kappa shape index (κ1) is 12.9. The average molecular weight is 297 g/mol. The van der Waals surface area contributed by atoms with Crippen molar-refractivity contribution in [3.05, 3.63) is 28.2 Å². The van der Waals surface area contributed by atoms with Gasteiger partial charge in [-0.1, -0.05) is 6.07 Å². The Morgan fingerprint density at radius 1 is 1.41 bits per heavy atom. The Balaban J connectivity index is 2.12. The zero-order valence-corrected chi connectivity index (χ0v) is 12.0. The lowest BCUT2D eigenvalue weighted by atomic mass is 10.1. The van der Waals surface area contributed by atoms with Crippen molar-refractivity contribution in [2.24, 2.45) is 11.7 Å². The number of halogens is 1. The van der Waals surface area contributed by atoms with Gasteiger partial charge in [0.25, 0.3) is 0 Å². The zero-order valence-electron chi connectivity index (χ0n) is 10.5. The Bertz CT molecular complexity index is 374. The molecule has 0 bridgehead atoms. The molecular weight excluding hydrogens is 276 g/mol. The van der Waals surface area contributed by atoms with Gasteiger partial charge in [0.2, 0.25) is 0 Å². The minimum absolute atomic E-state index is 0.714. The number of nitrogens with two attached hydrogens (primary N) is 1. The molecular formula is C14H21BrN2. The predicted molar refractivity (Wildman–Crippen MR) is 77.5 cm³/mol. The highest BCUT2D eigenvalue weighted by Crippen LogP contribution is 2.34. The highest BCUT2D eigenvalue weighted by Gasteiger charge is 2.24. The molecule has 0 atom stereocenters. The molecule has 2 rings (SSSR count). The zero-order chi connectivity index (χ0) is 12.3. The van der Waals surface area contributed by atoms with Crippen LogP contribution in [0.4, 0.5) is 5.69 Å². The third-order valence-electron chi connectivity index (χ3n) is 3.34. The number of anilines is 1. The van der Waals surface area contributed by atoms with Gasteiger partial charge in [0.15, 0.2) is 0 Å². The molecule has 0 radical (unpaired) electrons. The van der Waals surface area contributed by atoms with E-state index in [0.29, 0.717) is 6.54 Å². The third kappa shape index (κ3) is 3.46. The van der Waals surface area contributed by atoms with Crippen LogP contribution in [0.25, 0.3) is 0 Å². The van der Waals surface area contributed by atoms with Gasteiger partial charge in [-0.2, -0.15) is 0 Å². The van der Waals surface area contributed by atoms with Crippen LogP contribution >= 0.6 is 15.9 Å². The molecule has 0 unspecified atom stereocenters. The van der Waals surface area contributed by atoms with Crippen LogP contribution in [0.15, 0.2) is 22.7 Å². The van der Waals surface area contributed by atoms with Gasteiger partial charge in [0.1, 0.15) is 0 Å². The molecule has 0 aliphatic heterocycles. The molecule has 1 aromatic carbocycles. The molecule has 2 N–H and O–H groups in total. The summed E-state index contributed by atoms with van der Waals surface area (Å²) in [5, 5.41) is 0. The van der Waals surface area contributed by atoms with Crippen LogP contribution in [-0.4, -0.2) is 19.6 Å². The maximum Gasteiger partial charge on any atom is 0.0510 e. The molecule has 1 saturated carbocycles. The van der Waals surface area contributed by atoms with E-state index in [9.17, 15) is 0 Å². The number of rotatable bonds is 6. The van der Waals surface area contributed by atoms with Gasteiger partial charge in [-0.15, -0.1) is 0 Å². The second kappa shape index (κ2) is 5.87. The highest BCUT2D eigenvalue weighted by atomic mass is 79.9. The number of nitrogens with zero attached hydrogens (tertiary/aromatic N) is 1. The molecule has 94 valence electrons. The Kier molecular flexibility index (Phi) is 4.46. The Morgan fingerprint density at radius 3 is 2.71 bits per heavy atom. The van der Waals surface area contributed by atoms with E-state index in [0.717, 1.165) is 18.9 Å². The van der Waals surface area contributed by atoms with E-state index in [1.165, 1.54) is 35.1 Å². The van der Waals surface area contributed by atoms with Crippen LogP contribution in [-0.2, 0) is 6.42 Å². The molecule has 3 heteroatoms. The van der Waals surface area contributed by atoms with Crippen LogP contribution < -0.4 is 10.6 Å². The fourth-order valence-corrected chi connectivity index (χ4v) is 2.82. The summed E-state index contributed by atoms with van der Waals surface area (Å²) in [6.07, 6.45) is 3.76. The lowest BCUT2D eigenvalue weighted by Gasteiger charge is -2.24. The molecule has 0 heterocycles. The molecule has 0 saturated heterocycles. The summed E-state index contributed by atoms with van der Waals surface area (Å²) in [6, 6.07) is 6.63. The molecule has 0 amide bonds. The number of benzene rings is 1. The molecule has 2 nitrogen and oxygen atoms in total. The summed E-state index contributed by atoms with van der Waals surface area (Å²) >= 11 is 3.69. The van der Waals surface area contributed by atoms with E-state index in [1.807, 2.05) is 0 Å². The summed E-state index contributed by atoms with van der Waals surface area (Å²) in [5.74, 6) is 0.922. The van der Waals surface area contributed by atoms with Crippen molar-refractivity contribution in [3.63, 3.8) is 0 Å². The van der Waals surface area contributed by atoms with E-state index < -0.39 is 0 Å². The minimum atomic E-state index is 0.714. The maximum atomic E-state index is 5.58. The highest BCUT2D eigenvalue weighted by molar-refractivity contribution is 9.10. The van der Waals surface area contributed by atoms with Crippen molar-refractivity contribution in [2.45, 2.75) is 26.2 Å². The summed E-state index contributed by atoms with van der Waals surface area (Å²) in [6.45, 7) is 5.21. The SMILES string of the molecule is CCN(CC1CC1)c1ccc(CCN)cc1Br. The monoisotopic (exact) mass is 296 g/mol. The van der Waals surface area contributed by atoms with Gasteiger partial charge in [-0.25, -0.2) is 0 Å². The summed E-state index contributed by atoms with van der Waals surface area (Å²) in [7, 11) is 0. The van der Waals surface area contributed by atoms with Crippen molar-refractivity contribution in [1.82, 2.24) is 0 Å². The smallest absolute Gasteiger partial charge is 0.0510 e. The maximum absolute atomic E-state index is 5.58. The second-order valence-electron chi connectivity index (χ2n) is 4.81. The molecule has 1 fully saturated rings. The normalized spacial score (nSPS) is 15.0. The average Bonchev–Trinajstić information content (AvgIpc) is 3.11. The first-order chi connectivity index (χ1) is 8.24. The van der Waals surface area contributed by atoms with Gasteiger partial charge in [-0.05, 0) is 72.3 Å². The molecule has 1 aliphatic carbocycles. The minimum Gasteiger partial charge on any atom is -0.371 e. The van der Waals surface area contributed by atoms with Gasteiger partial charge in [0.05, 0.1) is 5.69 Å². The van der Waals surface area contributed by atoms with E-state index in [1.54, 1.807) is 0 Å². The van der Waals surface area contributed by atoms with E-state index in [4.69, 9.17) is 5.73 Å². The van der Waals surface area contributed by atoms with E-state index in [-0.39, 0.29) is 0 Å². The predicted octanol–water partition coefficient (Wildman–Crippen LogP) is 3.19. The fourth-order valence-electron chi connectivity index (χ4n) is 2.14. The summed E-state index contributed by atoms with van der Waals surface area (Å²) < 4.78 is 1.20.